The minimum Gasteiger partial charge on any atom is -0.491 e. The fourth-order valence-corrected chi connectivity index (χ4v) is 2.55. The molecule has 0 radical (unpaired) electrons. The van der Waals surface area contributed by atoms with Gasteiger partial charge in [-0.05, 0) is 44.5 Å². The van der Waals surface area contributed by atoms with Gasteiger partial charge in [0.05, 0.1) is 18.3 Å². The largest absolute Gasteiger partial charge is 0.491 e. The summed E-state index contributed by atoms with van der Waals surface area (Å²) in [7, 11) is 1.53. The Kier molecular flexibility index (Phi) is 10.6. The van der Waals surface area contributed by atoms with Crippen LogP contribution >= 0.6 is 24.0 Å². The second-order valence-corrected chi connectivity index (χ2v) is 6.83. The fourth-order valence-electron chi connectivity index (χ4n) is 2.55. The summed E-state index contributed by atoms with van der Waals surface area (Å²) in [6, 6.07) is 7.53. The number of benzene rings is 2. The molecule has 0 unspecified atom stereocenters. The van der Waals surface area contributed by atoms with E-state index in [0.29, 0.717) is 12.5 Å². The molecule has 0 aliphatic rings. The van der Waals surface area contributed by atoms with Crippen LogP contribution in [0, 0.1) is 24.4 Å². The number of hydrogen-bond donors (Lipinski definition) is 3. The van der Waals surface area contributed by atoms with E-state index in [0.717, 1.165) is 29.0 Å². The second-order valence-electron chi connectivity index (χ2n) is 6.83. The molecule has 10 heteroatoms. The molecule has 6 nitrogen and oxygen atoms in total. The van der Waals surface area contributed by atoms with Crippen LogP contribution in [0.3, 0.4) is 0 Å². The highest BCUT2D eigenvalue weighted by Gasteiger charge is 2.15. The summed E-state index contributed by atoms with van der Waals surface area (Å²) in [5.74, 6) is -4.00. The Hall–Kier alpha value is -2.50. The van der Waals surface area contributed by atoms with Crippen LogP contribution in [0.5, 0.6) is 5.75 Å². The van der Waals surface area contributed by atoms with Gasteiger partial charge in [0.1, 0.15) is 5.75 Å². The number of nitrogens with zero attached hydrogens (tertiary/aromatic N) is 1. The SMILES string of the molecule is CN=C(NCC(=O)Nc1ccc(F)c(F)c1F)NCc1ccc(C)cc1OC(C)C.I. The van der Waals surface area contributed by atoms with E-state index in [1.165, 1.54) is 7.05 Å². The molecule has 0 saturated carbocycles. The monoisotopic (exact) mass is 550 g/mol. The first-order valence-corrected chi connectivity index (χ1v) is 9.35. The van der Waals surface area contributed by atoms with Gasteiger partial charge in [0.15, 0.2) is 23.4 Å². The number of aryl methyl sites for hydroxylation is 1. The average molecular weight is 550 g/mol. The van der Waals surface area contributed by atoms with Crippen LogP contribution in [-0.2, 0) is 11.3 Å². The Labute approximate surface area is 196 Å². The predicted molar refractivity (Wildman–Crippen MR) is 126 cm³/mol. The van der Waals surface area contributed by atoms with Crippen molar-refractivity contribution in [3.63, 3.8) is 0 Å². The van der Waals surface area contributed by atoms with E-state index in [2.05, 4.69) is 20.9 Å². The number of carbonyl (C=O) groups excluding carboxylic acids is 1. The quantitative estimate of drug-likeness (QED) is 0.210. The van der Waals surface area contributed by atoms with Gasteiger partial charge in [-0.1, -0.05) is 12.1 Å². The third kappa shape index (κ3) is 7.93. The second kappa shape index (κ2) is 12.4. The maximum Gasteiger partial charge on any atom is 0.243 e. The molecule has 0 spiro atoms. The molecular formula is C21H26F3IN4O2. The van der Waals surface area contributed by atoms with Crippen LogP contribution in [0.2, 0.25) is 0 Å². The lowest BCUT2D eigenvalue weighted by molar-refractivity contribution is -0.115. The van der Waals surface area contributed by atoms with Crippen molar-refractivity contribution >= 4 is 41.5 Å². The number of rotatable bonds is 7. The molecule has 1 amide bonds. The van der Waals surface area contributed by atoms with E-state index < -0.39 is 29.0 Å². The van der Waals surface area contributed by atoms with Crippen molar-refractivity contribution in [1.82, 2.24) is 10.6 Å². The first-order valence-electron chi connectivity index (χ1n) is 9.35. The van der Waals surface area contributed by atoms with Gasteiger partial charge in [0.25, 0.3) is 0 Å². The van der Waals surface area contributed by atoms with Gasteiger partial charge in [0.2, 0.25) is 5.91 Å². The molecule has 2 aromatic rings. The summed E-state index contributed by atoms with van der Waals surface area (Å²) < 4.78 is 45.7. The zero-order valence-electron chi connectivity index (χ0n) is 17.7. The maximum absolute atomic E-state index is 13.7. The minimum atomic E-state index is -1.64. The molecule has 0 heterocycles. The number of amides is 1. The van der Waals surface area contributed by atoms with Crippen LogP contribution < -0.4 is 20.7 Å². The number of aliphatic imine (C=N–C) groups is 1. The van der Waals surface area contributed by atoms with Crippen molar-refractivity contribution in [2.24, 2.45) is 4.99 Å². The number of guanidine groups is 1. The van der Waals surface area contributed by atoms with Gasteiger partial charge >= 0.3 is 0 Å². The van der Waals surface area contributed by atoms with Crippen LogP contribution in [0.15, 0.2) is 35.3 Å². The van der Waals surface area contributed by atoms with Crippen molar-refractivity contribution < 1.29 is 22.7 Å². The summed E-state index contributed by atoms with van der Waals surface area (Å²) >= 11 is 0. The van der Waals surface area contributed by atoms with Crippen molar-refractivity contribution in [2.75, 3.05) is 18.9 Å². The molecule has 31 heavy (non-hydrogen) atoms. The molecule has 0 bridgehead atoms. The third-order valence-corrected chi connectivity index (χ3v) is 3.98. The van der Waals surface area contributed by atoms with Gasteiger partial charge in [-0.15, -0.1) is 24.0 Å². The van der Waals surface area contributed by atoms with E-state index in [4.69, 9.17) is 4.74 Å². The number of hydrogen-bond acceptors (Lipinski definition) is 3. The molecule has 0 fully saturated rings. The lowest BCUT2D eigenvalue weighted by Gasteiger charge is -2.17. The van der Waals surface area contributed by atoms with Crippen LogP contribution in [-0.4, -0.2) is 31.6 Å². The summed E-state index contributed by atoms with van der Waals surface area (Å²) in [6.07, 6.45) is 0.0170. The van der Waals surface area contributed by atoms with Gasteiger partial charge in [0, 0.05) is 19.2 Å². The standard InChI is InChI=1S/C21H25F3N4O2.HI/c1-12(2)30-17-9-13(3)5-6-14(17)10-26-21(25-4)27-11-18(29)28-16-8-7-15(22)19(23)20(16)24;/h5-9,12H,10-11H2,1-4H3,(H,28,29)(H2,25,26,27);1H. The minimum absolute atomic E-state index is 0. The number of anilines is 1. The molecule has 0 saturated heterocycles. The Balaban J connectivity index is 0.00000480. The predicted octanol–water partition coefficient (Wildman–Crippen LogP) is 4.12. The van der Waals surface area contributed by atoms with Crippen molar-refractivity contribution in [3.05, 3.63) is 58.9 Å². The zero-order chi connectivity index (χ0) is 22.3. The Morgan fingerprint density at radius 3 is 2.45 bits per heavy atom. The molecule has 3 N–H and O–H groups in total. The maximum atomic E-state index is 13.7. The lowest BCUT2D eigenvalue weighted by Crippen LogP contribution is -2.41. The third-order valence-electron chi connectivity index (χ3n) is 3.98. The van der Waals surface area contributed by atoms with E-state index in [1.54, 1.807) is 0 Å². The Morgan fingerprint density at radius 2 is 1.81 bits per heavy atom. The van der Waals surface area contributed by atoms with Gasteiger partial charge in [-0.3, -0.25) is 9.79 Å². The van der Waals surface area contributed by atoms with E-state index in [9.17, 15) is 18.0 Å². The van der Waals surface area contributed by atoms with Crippen LogP contribution in [0.25, 0.3) is 0 Å². The number of carbonyl (C=O) groups is 1. The van der Waals surface area contributed by atoms with Gasteiger partial charge < -0.3 is 20.7 Å². The fraction of sp³-hybridized carbons (Fsp3) is 0.333. The van der Waals surface area contributed by atoms with Crippen molar-refractivity contribution in [1.29, 1.82) is 0 Å². The van der Waals surface area contributed by atoms with E-state index >= 15 is 0 Å². The zero-order valence-corrected chi connectivity index (χ0v) is 20.0. The molecule has 0 aromatic heterocycles. The summed E-state index contributed by atoms with van der Waals surface area (Å²) in [5, 5.41) is 8.02. The Bertz CT molecular complexity index is 939. The molecule has 0 atom stereocenters. The Morgan fingerprint density at radius 1 is 1.10 bits per heavy atom. The number of halogens is 4. The topological polar surface area (TPSA) is 74.8 Å². The summed E-state index contributed by atoms with van der Waals surface area (Å²) in [6.45, 7) is 5.98. The number of ether oxygens (including phenoxy) is 1. The molecule has 2 rings (SSSR count). The smallest absolute Gasteiger partial charge is 0.243 e. The van der Waals surface area contributed by atoms with Crippen molar-refractivity contribution in [2.45, 2.75) is 33.4 Å². The first kappa shape index (κ1) is 26.5. The molecule has 2 aromatic carbocycles. The van der Waals surface area contributed by atoms with Gasteiger partial charge in [-0.25, -0.2) is 13.2 Å². The highest BCUT2D eigenvalue weighted by molar-refractivity contribution is 14.0. The average Bonchev–Trinajstić information content (AvgIpc) is 2.69. The lowest BCUT2D eigenvalue weighted by atomic mass is 10.1. The molecular weight excluding hydrogens is 524 g/mol. The normalized spacial score (nSPS) is 11.0. The molecule has 0 aliphatic carbocycles. The number of nitrogens with one attached hydrogen (secondary N) is 3. The summed E-state index contributed by atoms with van der Waals surface area (Å²) in [4.78, 5) is 16.0. The highest BCUT2D eigenvalue weighted by atomic mass is 127. The van der Waals surface area contributed by atoms with Crippen LogP contribution in [0.1, 0.15) is 25.0 Å². The first-order chi connectivity index (χ1) is 14.2. The van der Waals surface area contributed by atoms with Crippen molar-refractivity contribution in [3.8, 4) is 5.75 Å². The van der Waals surface area contributed by atoms with Gasteiger partial charge in [-0.2, -0.15) is 0 Å². The highest BCUT2D eigenvalue weighted by Crippen LogP contribution is 2.22. The molecule has 0 aliphatic heterocycles. The van der Waals surface area contributed by atoms with Crippen LogP contribution in [0.4, 0.5) is 18.9 Å². The van der Waals surface area contributed by atoms with E-state index in [-0.39, 0.29) is 36.6 Å². The summed E-state index contributed by atoms with van der Waals surface area (Å²) in [5.41, 5.74) is 1.53. The van der Waals surface area contributed by atoms with E-state index in [1.807, 2.05) is 39.0 Å². The molecule has 170 valence electrons.